The molecule has 0 aliphatic carbocycles. The molecule has 150 valence electrons. The van der Waals surface area contributed by atoms with Crippen LogP contribution in [0.25, 0.3) is 0 Å². The number of amides is 1. The molecule has 1 atom stereocenters. The van der Waals surface area contributed by atoms with Gasteiger partial charge in [-0.15, -0.1) is 0 Å². The predicted octanol–water partition coefficient (Wildman–Crippen LogP) is 2.82. The van der Waals surface area contributed by atoms with Gasteiger partial charge in [-0.05, 0) is 37.3 Å². The van der Waals surface area contributed by atoms with Gasteiger partial charge in [-0.25, -0.2) is 22.5 Å². The molecule has 0 radical (unpaired) electrons. The highest BCUT2D eigenvalue weighted by atomic mass is 35.5. The maximum absolute atomic E-state index is 12.4. The van der Waals surface area contributed by atoms with E-state index in [1.807, 2.05) is 0 Å². The van der Waals surface area contributed by atoms with E-state index in [9.17, 15) is 18.0 Å². The molecule has 2 rings (SSSR count). The number of pyridine rings is 1. The third-order valence-corrected chi connectivity index (χ3v) is 5.93. The lowest BCUT2D eigenvalue weighted by atomic mass is 10.2. The van der Waals surface area contributed by atoms with Crippen molar-refractivity contribution in [3.63, 3.8) is 0 Å². The van der Waals surface area contributed by atoms with Gasteiger partial charge in [0.15, 0.2) is 6.10 Å². The van der Waals surface area contributed by atoms with E-state index in [1.54, 1.807) is 0 Å². The SMILES string of the molecule is C[C@H](OC(=O)c1cc(S(=O)(=O)N(C)C)ccc1Cl)C(=O)Nc1ccc(Cl)cn1. The first-order valence-electron chi connectivity index (χ1n) is 7.88. The second-order valence-electron chi connectivity index (χ2n) is 5.83. The number of hydrogen-bond acceptors (Lipinski definition) is 6. The third kappa shape index (κ3) is 5.20. The smallest absolute Gasteiger partial charge is 0.340 e. The standard InChI is InChI=1S/C17H17Cl2N3O5S/c1-10(16(23)21-15-7-4-11(18)9-20-15)27-17(24)13-8-12(5-6-14(13)19)28(25,26)22(2)3/h4-10H,1-3H3,(H,20,21,23)/t10-/m0/s1. The average molecular weight is 446 g/mol. The summed E-state index contributed by atoms with van der Waals surface area (Å²) < 4.78 is 30.6. The zero-order valence-electron chi connectivity index (χ0n) is 15.1. The van der Waals surface area contributed by atoms with Crippen molar-refractivity contribution < 1.29 is 22.7 Å². The van der Waals surface area contributed by atoms with Crippen LogP contribution in [-0.4, -0.2) is 49.8 Å². The Bertz CT molecular complexity index is 994. The maximum atomic E-state index is 12.4. The number of esters is 1. The largest absolute Gasteiger partial charge is 0.449 e. The Kier molecular flexibility index (Phi) is 7.00. The first kappa shape index (κ1) is 22.1. The van der Waals surface area contributed by atoms with Gasteiger partial charge in [0.2, 0.25) is 10.0 Å². The van der Waals surface area contributed by atoms with Crippen molar-refractivity contribution >= 4 is 50.9 Å². The molecule has 0 unspecified atom stereocenters. The number of nitrogens with one attached hydrogen (secondary N) is 1. The number of sulfonamides is 1. The van der Waals surface area contributed by atoms with Crippen molar-refractivity contribution in [3.05, 3.63) is 52.1 Å². The van der Waals surface area contributed by atoms with Crippen LogP contribution < -0.4 is 5.32 Å². The first-order chi connectivity index (χ1) is 13.0. The van der Waals surface area contributed by atoms with E-state index in [4.69, 9.17) is 27.9 Å². The van der Waals surface area contributed by atoms with Gasteiger partial charge >= 0.3 is 5.97 Å². The quantitative estimate of drug-likeness (QED) is 0.685. The minimum atomic E-state index is -3.77. The number of rotatable bonds is 6. The average Bonchev–Trinajstić information content (AvgIpc) is 2.63. The topological polar surface area (TPSA) is 106 Å². The van der Waals surface area contributed by atoms with Gasteiger partial charge in [-0.3, -0.25) is 4.79 Å². The van der Waals surface area contributed by atoms with Gasteiger partial charge in [-0.2, -0.15) is 0 Å². The molecule has 1 aromatic heterocycles. The molecule has 8 nitrogen and oxygen atoms in total. The van der Waals surface area contributed by atoms with Crippen LogP contribution in [0.3, 0.4) is 0 Å². The molecule has 1 heterocycles. The lowest BCUT2D eigenvalue weighted by Gasteiger charge is -2.15. The van der Waals surface area contributed by atoms with Crippen LogP contribution in [0.5, 0.6) is 0 Å². The van der Waals surface area contributed by atoms with Crippen molar-refractivity contribution in [1.29, 1.82) is 0 Å². The molecule has 0 aliphatic rings. The molecule has 1 amide bonds. The molecule has 0 saturated heterocycles. The van der Waals surface area contributed by atoms with Crippen molar-refractivity contribution in [1.82, 2.24) is 9.29 Å². The Morgan fingerprint density at radius 2 is 1.86 bits per heavy atom. The van der Waals surface area contributed by atoms with Crippen molar-refractivity contribution in [2.45, 2.75) is 17.9 Å². The number of ether oxygens (including phenoxy) is 1. The molecule has 1 N–H and O–H groups in total. The molecule has 1 aromatic carbocycles. The fourth-order valence-electron chi connectivity index (χ4n) is 1.99. The lowest BCUT2D eigenvalue weighted by Crippen LogP contribution is -2.30. The molecule has 0 fully saturated rings. The number of anilines is 1. The molecular formula is C17H17Cl2N3O5S. The summed E-state index contributed by atoms with van der Waals surface area (Å²) in [6, 6.07) is 6.68. The summed E-state index contributed by atoms with van der Waals surface area (Å²) in [5.74, 6) is -1.33. The highest BCUT2D eigenvalue weighted by Gasteiger charge is 2.24. The van der Waals surface area contributed by atoms with Crippen LogP contribution in [0.4, 0.5) is 5.82 Å². The highest BCUT2D eigenvalue weighted by Crippen LogP contribution is 2.23. The first-order valence-corrected chi connectivity index (χ1v) is 10.1. The lowest BCUT2D eigenvalue weighted by molar-refractivity contribution is -0.123. The van der Waals surface area contributed by atoms with Gasteiger partial charge in [-0.1, -0.05) is 23.2 Å². The van der Waals surface area contributed by atoms with Crippen LogP contribution in [0.1, 0.15) is 17.3 Å². The second-order valence-corrected chi connectivity index (χ2v) is 8.82. The molecular weight excluding hydrogens is 429 g/mol. The summed E-state index contributed by atoms with van der Waals surface area (Å²) in [4.78, 5) is 28.3. The molecule has 0 saturated carbocycles. The fourth-order valence-corrected chi connectivity index (χ4v) is 3.22. The van der Waals surface area contributed by atoms with Crippen LogP contribution in [0, 0.1) is 0 Å². The predicted molar refractivity (Wildman–Crippen MR) is 105 cm³/mol. The van der Waals surface area contributed by atoms with Crippen LogP contribution in [-0.2, 0) is 19.6 Å². The minimum Gasteiger partial charge on any atom is -0.449 e. The molecule has 0 bridgehead atoms. The van der Waals surface area contributed by atoms with E-state index < -0.39 is 28.0 Å². The number of aromatic nitrogens is 1. The number of benzene rings is 1. The summed E-state index contributed by atoms with van der Waals surface area (Å²) in [5, 5.41) is 2.87. The maximum Gasteiger partial charge on any atom is 0.340 e. The third-order valence-electron chi connectivity index (χ3n) is 3.57. The van der Waals surface area contributed by atoms with Crippen molar-refractivity contribution in [3.8, 4) is 0 Å². The van der Waals surface area contributed by atoms with E-state index in [2.05, 4.69) is 10.3 Å². The summed E-state index contributed by atoms with van der Waals surface area (Å²) in [6.45, 7) is 1.36. The second kappa shape index (κ2) is 8.87. The Morgan fingerprint density at radius 3 is 2.43 bits per heavy atom. The summed E-state index contributed by atoms with van der Waals surface area (Å²) in [5.41, 5.74) is -0.172. The number of halogens is 2. The minimum absolute atomic E-state index is 0.00492. The number of hydrogen-bond donors (Lipinski definition) is 1. The van der Waals surface area contributed by atoms with Crippen molar-refractivity contribution in [2.75, 3.05) is 19.4 Å². The normalized spacial score (nSPS) is 12.5. The monoisotopic (exact) mass is 445 g/mol. The van der Waals surface area contributed by atoms with Gasteiger partial charge < -0.3 is 10.1 Å². The number of carbonyl (C=O) groups excluding carboxylic acids is 2. The molecule has 2 aromatic rings. The highest BCUT2D eigenvalue weighted by molar-refractivity contribution is 7.89. The molecule has 11 heteroatoms. The van der Waals surface area contributed by atoms with Crippen molar-refractivity contribution in [2.24, 2.45) is 0 Å². The fraction of sp³-hybridized carbons (Fsp3) is 0.235. The Morgan fingerprint density at radius 1 is 1.18 bits per heavy atom. The zero-order valence-corrected chi connectivity index (χ0v) is 17.5. The van der Waals surface area contributed by atoms with Crippen LogP contribution in [0.15, 0.2) is 41.4 Å². The Labute approximate surface area is 172 Å². The molecule has 28 heavy (non-hydrogen) atoms. The van der Waals surface area contributed by atoms with Gasteiger partial charge in [0, 0.05) is 20.3 Å². The zero-order chi connectivity index (χ0) is 21.1. The van der Waals surface area contributed by atoms with E-state index in [1.165, 1.54) is 51.5 Å². The molecule has 0 aliphatic heterocycles. The van der Waals surface area contributed by atoms with E-state index >= 15 is 0 Å². The van der Waals surface area contributed by atoms with E-state index in [0.29, 0.717) is 5.02 Å². The van der Waals surface area contributed by atoms with Crippen LogP contribution >= 0.6 is 23.2 Å². The van der Waals surface area contributed by atoms with Gasteiger partial charge in [0.25, 0.3) is 5.91 Å². The Balaban J connectivity index is 2.15. The molecule has 0 spiro atoms. The Hall–Kier alpha value is -2.20. The number of nitrogens with zero attached hydrogens (tertiary/aromatic N) is 2. The van der Waals surface area contributed by atoms with Crippen LogP contribution in [0.2, 0.25) is 10.0 Å². The van der Waals surface area contributed by atoms with Gasteiger partial charge in [0.1, 0.15) is 5.82 Å². The summed E-state index contributed by atoms with van der Waals surface area (Å²) in [7, 11) is -1.05. The summed E-state index contributed by atoms with van der Waals surface area (Å²) >= 11 is 11.7. The van der Waals surface area contributed by atoms with Gasteiger partial charge in [0.05, 0.1) is 20.5 Å². The van der Waals surface area contributed by atoms with E-state index in [0.717, 1.165) is 10.4 Å². The number of carbonyl (C=O) groups is 2. The summed E-state index contributed by atoms with van der Waals surface area (Å²) in [6.07, 6.45) is 0.166. The van der Waals surface area contributed by atoms with E-state index in [-0.39, 0.29) is 21.3 Å².